The van der Waals surface area contributed by atoms with Crippen LogP contribution < -0.4 is 19.1 Å². The van der Waals surface area contributed by atoms with Crippen molar-refractivity contribution in [3.05, 3.63) is 78.4 Å². The summed E-state index contributed by atoms with van der Waals surface area (Å²) in [7, 11) is -2.41. The van der Waals surface area contributed by atoms with Crippen LogP contribution in [-0.2, 0) is 14.8 Å². The third-order valence-electron chi connectivity index (χ3n) is 5.36. The van der Waals surface area contributed by atoms with Crippen LogP contribution in [-0.4, -0.2) is 40.8 Å². The van der Waals surface area contributed by atoms with Gasteiger partial charge in [-0.25, -0.2) is 8.42 Å². The topological polar surface area (TPSA) is 84.9 Å². The van der Waals surface area contributed by atoms with Gasteiger partial charge in [-0.05, 0) is 86.3 Å². The van der Waals surface area contributed by atoms with Gasteiger partial charge in [0, 0.05) is 4.90 Å². The van der Waals surface area contributed by atoms with Crippen LogP contribution in [0.3, 0.4) is 0 Å². The standard InChI is InChI=1S/C26H30N2O5S2/c1-5-33-23-12-8-21(9-13-23)28(35(30,31)25-16-14-24(34-4)15-17-25)18-26(29)27-19(2)20-6-10-22(32-3)11-7-20/h6-17,19H,5,18H2,1-4H3,(H,27,29)/t19-/m1/s1. The Balaban J connectivity index is 1.87. The van der Waals surface area contributed by atoms with E-state index in [2.05, 4.69) is 5.32 Å². The van der Waals surface area contributed by atoms with Gasteiger partial charge in [0.05, 0.1) is 30.3 Å². The first-order chi connectivity index (χ1) is 16.8. The molecule has 186 valence electrons. The van der Waals surface area contributed by atoms with E-state index >= 15 is 0 Å². The minimum atomic E-state index is -4.00. The maximum absolute atomic E-state index is 13.6. The molecule has 0 saturated heterocycles. The van der Waals surface area contributed by atoms with E-state index in [4.69, 9.17) is 9.47 Å². The number of carbonyl (C=O) groups is 1. The Morgan fingerprint density at radius 2 is 1.57 bits per heavy atom. The molecule has 1 atom stereocenters. The van der Waals surface area contributed by atoms with Gasteiger partial charge in [0.25, 0.3) is 10.0 Å². The summed E-state index contributed by atoms with van der Waals surface area (Å²) < 4.78 is 39.0. The van der Waals surface area contributed by atoms with E-state index in [0.29, 0.717) is 23.8 Å². The maximum Gasteiger partial charge on any atom is 0.264 e. The van der Waals surface area contributed by atoms with Crippen molar-refractivity contribution in [2.75, 3.05) is 30.8 Å². The Morgan fingerprint density at radius 3 is 2.11 bits per heavy atom. The first-order valence-corrected chi connectivity index (χ1v) is 13.8. The lowest BCUT2D eigenvalue weighted by molar-refractivity contribution is -0.120. The van der Waals surface area contributed by atoms with Crippen molar-refractivity contribution in [3.63, 3.8) is 0 Å². The highest BCUT2D eigenvalue weighted by Crippen LogP contribution is 2.27. The molecule has 0 saturated carbocycles. The molecule has 7 nitrogen and oxygen atoms in total. The molecule has 0 unspecified atom stereocenters. The van der Waals surface area contributed by atoms with Crippen molar-refractivity contribution in [1.29, 1.82) is 0 Å². The summed E-state index contributed by atoms with van der Waals surface area (Å²) >= 11 is 1.52. The van der Waals surface area contributed by atoms with Crippen LogP contribution in [0.1, 0.15) is 25.5 Å². The van der Waals surface area contributed by atoms with Gasteiger partial charge in [-0.15, -0.1) is 11.8 Å². The largest absolute Gasteiger partial charge is 0.497 e. The first kappa shape index (κ1) is 26.4. The lowest BCUT2D eigenvalue weighted by Gasteiger charge is -2.25. The number of thioether (sulfide) groups is 1. The fraction of sp³-hybridized carbons (Fsp3) is 0.269. The van der Waals surface area contributed by atoms with Crippen LogP contribution in [0.5, 0.6) is 11.5 Å². The van der Waals surface area contributed by atoms with E-state index in [0.717, 1.165) is 14.8 Å². The highest BCUT2D eigenvalue weighted by Gasteiger charge is 2.28. The van der Waals surface area contributed by atoms with E-state index < -0.39 is 15.9 Å². The molecule has 0 heterocycles. The molecule has 3 aromatic rings. The Bertz CT molecular complexity index is 1210. The third-order valence-corrected chi connectivity index (χ3v) is 7.90. The van der Waals surface area contributed by atoms with Gasteiger partial charge >= 0.3 is 0 Å². The normalized spacial score (nSPS) is 12.0. The highest BCUT2D eigenvalue weighted by molar-refractivity contribution is 7.98. The fourth-order valence-electron chi connectivity index (χ4n) is 3.46. The number of nitrogens with one attached hydrogen (secondary N) is 1. The molecule has 0 radical (unpaired) electrons. The second kappa shape index (κ2) is 12.0. The van der Waals surface area contributed by atoms with Gasteiger partial charge in [0.1, 0.15) is 18.0 Å². The Kier molecular flexibility index (Phi) is 9.06. The van der Waals surface area contributed by atoms with Crippen molar-refractivity contribution < 1.29 is 22.7 Å². The number of ether oxygens (including phenoxy) is 2. The van der Waals surface area contributed by atoms with Crippen molar-refractivity contribution >= 4 is 33.4 Å². The number of anilines is 1. The minimum Gasteiger partial charge on any atom is -0.497 e. The van der Waals surface area contributed by atoms with E-state index in [1.807, 2.05) is 44.4 Å². The molecule has 0 aliphatic rings. The van der Waals surface area contributed by atoms with Crippen LogP contribution in [0.15, 0.2) is 82.6 Å². The molecule has 35 heavy (non-hydrogen) atoms. The molecule has 0 aliphatic carbocycles. The number of sulfonamides is 1. The zero-order valence-electron chi connectivity index (χ0n) is 20.2. The fourth-order valence-corrected chi connectivity index (χ4v) is 5.29. The molecule has 0 aliphatic heterocycles. The number of hydrogen-bond acceptors (Lipinski definition) is 6. The number of hydrogen-bond donors (Lipinski definition) is 1. The van der Waals surface area contributed by atoms with E-state index in [1.165, 1.54) is 11.8 Å². The Morgan fingerprint density at radius 1 is 0.971 bits per heavy atom. The van der Waals surface area contributed by atoms with E-state index in [9.17, 15) is 13.2 Å². The molecule has 0 fully saturated rings. The molecular formula is C26H30N2O5S2. The Labute approximate surface area is 211 Å². The summed E-state index contributed by atoms with van der Waals surface area (Å²) in [4.78, 5) is 14.1. The quantitative estimate of drug-likeness (QED) is 0.367. The number of benzene rings is 3. The van der Waals surface area contributed by atoms with Gasteiger partial charge < -0.3 is 14.8 Å². The lowest BCUT2D eigenvalue weighted by Crippen LogP contribution is -2.41. The summed E-state index contributed by atoms with van der Waals surface area (Å²) in [5.41, 5.74) is 1.25. The van der Waals surface area contributed by atoms with Crippen LogP contribution in [0.2, 0.25) is 0 Å². The molecule has 3 rings (SSSR count). The number of rotatable bonds is 11. The van der Waals surface area contributed by atoms with Crippen molar-refractivity contribution in [2.24, 2.45) is 0 Å². The Hall–Kier alpha value is -3.17. The predicted molar refractivity (Wildman–Crippen MR) is 140 cm³/mol. The minimum absolute atomic E-state index is 0.111. The second-order valence-corrected chi connectivity index (χ2v) is 10.4. The summed E-state index contributed by atoms with van der Waals surface area (Å²) in [6.45, 7) is 3.84. The highest BCUT2D eigenvalue weighted by atomic mass is 32.2. The summed E-state index contributed by atoms with van der Waals surface area (Å²) in [6, 6.07) is 20.3. The van der Waals surface area contributed by atoms with Crippen molar-refractivity contribution in [2.45, 2.75) is 29.7 Å². The number of amides is 1. The molecule has 0 bridgehead atoms. The summed E-state index contributed by atoms with van der Waals surface area (Å²) in [6.07, 6.45) is 1.92. The van der Waals surface area contributed by atoms with Crippen LogP contribution >= 0.6 is 11.8 Å². The van der Waals surface area contributed by atoms with Gasteiger partial charge in [-0.2, -0.15) is 0 Å². The zero-order chi connectivity index (χ0) is 25.4. The lowest BCUT2D eigenvalue weighted by atomic mass is 10.1. The maximum atomic E-state index is 13.6. The smallest absolute Gasteiger partial charge is 0.264 e. The predicted octanol–water partition coefficient (Wildman–Crippen LogP) is 4.89. The second-order valence-electron chi connectivity index (χ2n) is 7.68. The van der Waals surface area contributed by atoms with Crippen LogP contribution in [0.25, 0.3) is 0 Å². The summed E-state index contributed by atoms with van der Waals surface area (Å²) in [5.74, 6) is 0.912. The molecule has 0 aromatic heterocycles. The number of methoxy groups -OCH3 is 1. The van der Waals surface area contributed by atoms with Crippen molar-refractivity contribution in [3.8, 4) is 11.5 Å². The monoisotopic (exact) mass is 514 g/mol. The molecule has 1 amide bonds. The number of carbonyl (C=O) groups excluding carboxylic acids is 1. The van der Waals surface area contributed by atoms with Crippen LogP contribution in [0.4, 0.5) is 5.69 Å². The molecule has 3 aromatic carbocycles. The number of nitrogens with zero attached hydrogens (tertiary/aromatic N) is 1. The molecule has 9 heteroatoms. The van der Waals surface area contributed by atoms with Gasteiger partial charge in [-0.3, -0.25) is 9.10 Å². The zero-order valence-corrected chi connectivity index (χ0v) is 21.9. The van der Waals surface area contributed by atoms with Gasteiger partial charge in [0.15, 0.2) is 0 Å². The van der Waals surface area contributed by atoms with Gasteiger partial charge in [-0.1, -0.05) is 12.1 Å². The molecular weight excluding hydrogens is 484 g/mol. The summed E-state index contributed by atoms with van der Waals surface area (Å²) in [5, 5.41) is 2.89. The van der Waals surface area contributed by atoms with Gasteiger partial charge in [0.2, 0.25) is 5.91 Å². The average molecular weight is 515 g/mol. The molecule has 1 N–H and O–H groups in total. The third kappa shape index (κ3) is 6.70. The average Bonchev–Trinajstić information content (AvgIpc) is 2.88. The van der Waals surface area contributed by atoms with E-state index in [-0.39, 0.29) is 17.5 Å². The van der Waals surface area contributed by atoms with Crippen LogP contribution in [0, 0.1) is 0 Å². The SMILES string of the molecule is CCOc1ccc(N(CC(=O)N[C@H](C)c2ccc(OC)cc2)S(=O)(=O)c2ccc(SC)cc2)cc1. The van der Waals surface area contributed by atoms with Crippen molar-refractivity contribution in [1.82, 2.24) is 5.32 Å². The molecule has 0 spiro atoms. The first-order valence-electron chi connectivity index (χ1n) is 11.1. The van der Waals surface area contributed by atoms with E-state index in [1.54, 1.807) is 55.6 Å².